The van der Waals surface area contributed by atoms with Crippen molar-refractivity contribution in [1.29, 1.82) is 0 Å². The molecule has 0 aromatic carbocycles. The average Bonchev–Trinajstić information content (AvgIpc) is 3.37. The predicted octanol–water partition coefficient (Wildman–Crippen LogP) is 3.87. The molecule has 0 aliphatic heterocycles. The Bertz CT molecular complexity index is 1190. The number of nitrogens with one attached hydrogen (secondary N) is 2. The number of carbonyl (C=O) groups is 1. The highest BCUT2D eigenvalue weighted by Gasteiger charge is 2.31. The van der Waals surface area contributed by atoms with Crippen molar-refractivity contribution in [2.75, 3.05) is 5.75 Å². The molecular formula is C22H27N5O3S2. The number of thioether (sulfide) groups is 1. The van der Waals surface area contributed by atoms with E-state index in [1.807, 2.05) is 13.8 Å². The summed E-state index contributed by atoms with van der Waals surface area (Å²) in [7, 11) is 0. The third kappa shape index (κ3) is 4.47. The number of aryl methyl sites for hydroxylation is 2. The lowest BCUT2D eigenvalue weighted by molar-refractivity contribution is -0.119. The highest BCUT2D eigenvalue weighted by atomic mass is 32.2. The zero-order valence-electron chi connectivity index (χ0n) is 18.3. The second-order valence-corrected chi connectivity index (χ2v) is 11.0. The summed E-state index contributed by atoms with van der Waals surface area (Å²) >= 11 is 3.07. The van der Waals surface area contributed by atoms with E-state index in [9.17, 15) is 9.59 Å². The fraction of sp³-hybridized carbons (Fsp3) is 0.591. The van der Waals surface area contributed by atoms with E-state index in [0.29, 0.717) is 23.4 Å². The summed E-state index contributed by atoms with van der Waals surface area (Å²) in [4.78, 5) is 39.5. The number of H-pyrrole nitrogens is 1. The first-order valence-electron chi connectivity index (χ1n) is 11.2. The predicted molar refractivity (Wildman–Crippen MR) is 125 cm³/mol. The molecule has 2 aliphatic carbocycles. The number of hydrogen-bond donors (Lipinski definition) is 2. The maximum Gasteiger partial charge on any atom is 0.259 e. The minimum atomic E-state index is -0.310. The number of rotatable bonds is 8. The molecule has 2 aliphatic rings. The molecule has 1 amide bonds. The lowest BCUT2D eigenvalue weighted by Gasteiger charge is -2.18. The van der Waals surface area contributed by atoms with Gasteiger partial charge in [-0.3, -0.25) is 9.59 Å². The largest absolute Gasteiger partial charge is 0.343 e. The van der Waals surface area contributed by atoms with Gasteiger partial charge in [0.25, 0.3) is 5.56 Å². The summed E-state index contributed by atoms with van der Waals surface area (Å²) in [6.07, 6.45) is 6.52. The number of aromatic amines is 1. The molecular weight excluding hydrogens is 446 g/mol. The highest BCUT2D eigenvalue weighted by molar-refractivity contribution is 7.99. The number of fused-ring (bicyclic) bond motifs is 3. The van der Waals surface area contributed by atoms with E-state index in [-0.39, 0.29) is 29.2 Å². The van der Waals surface area contributed by atoms with E-state index in [4.69, 9.17) is 4.52 Å². The van der Waals surface area contributed by atoms with Crippen molar-refractivity contribution in [3.63, 3.8) is 0 Å². The van der Waals surface area contributed by atoms with Crippen molar-refractivity contribution < 1.29 is 9.32 Å². The SMILES string of the molecule is CC(C)C(NC(=O)CSCc1nc2sc3c(c2c(=O)[nH]1)CCCC3)c1nc(C2CC2)no1. The van der Waals surface area contributed by atoms with Crippen molar-refractivity contribution in [2.24, 2.45) is 5.92 Å². The van der Waals surface area contributed by atoms with Crippen LogP contribution in [0.25, 0.3) is 10.2 Å². The van der Waals surface area contributed by atoms with Gasteiger partial charge in [-0.25, -0.2) is 4.98 Å². The molecule has 3 aromatic heterocycles. The maximum atomic E-state index is 12.7. The van der Waals surface area contributed by atoms with Crippen LogP contribution in [0.5, 0.6) is 0 Å². The van der Waals surface area contributed by atoms with Crippen molar-refractivity contribution in [3.8, 4) is 0 Å². The quantitative estimate of drug-likeness (QED) is 0.510. The van der Waals surface area contributed by atoms with Crippen LogP contribution in [0.2, 0.25) is 0 Å². The van der Waals surface area contributed by atoms with Crippen LogP contribution in [-0.2, 0) is 23.4 Å². The van der Waals surface area contributed by atoms with E-state index in [1.165, 1.54) is 28.6 Å². The van der Waals surface area contributed by atoms with E-state index < -0.39 is 0 Å². The maximum absolute atomic E-state index is 12.7. The van der Waals surface area contributed by atoms with Gasteiger partial charge in [-0.2, -0.15) is 4.98 Å². The molecule has 3 heterocycles. The first-order chi connectivity index (χ1) is 15.5. The molecule has 1 unspecified atom stereocenters. The minimum Gasteiger partial charge on any atom is -0.343 e. The fourth-order valence-corrected chi connectivity index (χ4v) is 6.11. The minimum absolute atomic E-state index is 0.0582. The standard InChI is InChI=1S/C22H27N5O3S2/c1-11(2)18(21-26-19(27-30-21)12-7-8-12)25-16(28)10-31-9-15-23-20(29)17-13-5-3-4-6-14(13)32-22(17)24-15/h11-12,18H,3-10H2,1-2H3,(H,25,28)(H,23,24,29). The van der Waals surface area contributed by atoms with E-state index >= 15 is 0 Å². The monoisotopic (exact) mass is 473 g/mol. The van der Waals surface area contributed by atoms with Crippen LogP contribution in [0.4, 0.5) is 0 Å². The zero-order chi connectivity index (χ0) is 22.2. The average molecular weight is 474 g/mol. The Labute approximate surface area is 194 Å². The van der Waals surface area contributed by atoms with Gasteiger partial charge in [0, 0.05) is 10.8 Å². The highest BCUT2D eigenvalue weighted by Crippen LogP contribution is 2.39. The van der Waals surface area contributed by atoms with Crippen molar-refractivity contribution >= 4 is 39.2 Å². The van der Waals surface area contributed by atoms with E-state index in [0.717, 1.165) is 48.1 Å². The summed E-state index contributed by atoms with van der Waals surface area (Å²) in [6.45, 7) is 4.03. The number of thiophene rings is 1. The molecule has 0 saturated heterocycles. The molecule has 8 nitrogen and oxygen atoms in total. The van der Waals surface area contributed by atoms with Crippen LogP contribution in [0.3, 0.4) is 0 Å². The van der Waals surface area contributed by atoms with Crippen molar-refractivity contribution in [1.82, 2.24) is 25.4 Å². The van der Waals surface area contributed by atoms with Gasteiger partial charge in [0.2, 0.25) is 11.8 Å². The van der Waals surface area contributed by atoms with Crippen LogP contribution >= 0.6 is 23.1 Å². The van der Waals surface area contributed by atoms with Gasteiger partial charge >= 0.3 is 0 Å². The topological polar surface area (TPSA) is 114 Å². The summed E-state index contributed by atoms with van der Waals surface area (Å²) in [5.41, 5.74) is 1.13. The Kier molecular flexibility index (Phi) is 6.07. The Morgan fingerprint density at radius 3 is 2.88 bits per heavy atom. The Morgan fingerprint density at radius 1 is 1.28 bits per heavy atom. The lowest BCUT2D eigenvalue weighted by Crippen LogP contribution is -2.33. The van der Waals surface area contributed by atoms with Gasteiger partial charge in [0.15, 0.2) is 5.82 Å². The number of aromatic nitrogens is 4. The van der Waals surface area contributed by atoms with Gasteiger partial charge in [-0.15, -0.1) is 23.1 Å². The van der Waals surface area contributed by atoms with Gasteiger partial charge in [0.05, 0.1) is 16.9 Å². The Balaban J connectivity index is 1.20. The molecule has 170 valence electrons. The Morgan fingerprint density at radius 2 is 2.09 bits per heavy atom. The van der Waals surface area contributed by atoms with Crippen LogP contribution in [-0.4, -0.2) is 31.8 Å². The number of amides is 1. The normalized spacial score (nSPS) is 17.0. The van der Waals surface area contributed by atoms with Crippen molar-refractivity contribution in [3.05, 3.63) is 38.3 Å². The molecule has 3 aromatic rings. The zero-order valence-corrected chi connectivity index (χ0v) is 19.9. The number of carbonyl (C=O) groups excluding carboxylic acids is 1. The van der Waals surface area contributed by atoms with Gasteiger partial charge in [-0.05, 0) is 50.0 Å². The molecule has 1 fully saturated rings. The lowest BCUT2D eigenvalue weighted by atomic mass is 9.97. The summed E-state index contributed by atoms with van der Waals surface area (Å²) in [5.74, 6) is 3.00. The Hall–Kier alpha value is -2.20. The second kappa shape index (κ2) is 8.97. The van der Waals surface area contributed by atoms with E-state index in [1.54, 1.807) is 11.3 Å². The van der Waals surface area contributed by atoms with Crippen LogP contribution in [0.15, 0.2) is 9.32 Å². The fourth-order valence-electron chi connectivity index (χ4n) is 4.13. The number of hydrogen-bond acceptors (Lipinski definition) is 8. The number of nitrogens with zero attached hydrogens (tertiary/aromatic N) is 3. The van der Waals surface area contributed by atoms with E-state index in [2.05, 4.69) is 25.4 Å². The molecule has 1 atom stereocenters. The third-order valence-electron chi connectivity index (χ3n) is 6.00. The molecule has 5 rings (SSSR count). The third-order valence-corrected chi connectivity index (χ3v) is 8.12. The van der Waals surface area contributed by atoms with Gasteiger partial charge in [0.1, 0.15) is 16.7 Å². The van der Waals surface area contributed by atoms with Gasteiger partial charge in [-0.1, -0.05) is 19.0 Å². The van der Waals surface area contributed by atoms with Crippen LogP contribution in [0.1, 0.15) is 79.5 Å². The van der Waals surface area contributed by atoms with Crippen molar-refractivity contribution in [2.45, 2.75) is 70.1 Å². The smallest absolute Gasteiger partial charge is 0.259 e. The first-order valence-corrected chi connectivity index (χ1v) is 13.2. The van der Waals surface area contributed by atoms with Crippen LogP contribution < -0.4 is 10.9 Å². The molecule has 0 radical (unpaired) electrons. The summed E-state index contributed by atoms with van der Waals surface area (Å²) in [5, 5.41) is 7.85. The molecule has 0 bridgehead atoms. The molecule has 0 spiro atoms. The summed E-state index contributed by atoms with van der Waals surface area (Å²) < 4.78 is 5.42. The summed E-state index contributed by atoms with van der Waals surface area (Å²) in [6, 6.07) is -0.310. The molecule has 10 heteroatoms. The molecule has 2 N–H and O–H groups in total. The molecule has 32 heavy (non-hydrogen) atoms. The van der Waals surface area contributed by atoms with Gasteiger partial charge < -0.3 is 14.8 Å². The second-order valence-electron chi connectivity index (χ2n) is 8.95. The van der Waals surface area contributed by atoms with Crippen LogP contribution in [0, 0.1) is 5.92 Å². The molecule has 1 saturated carbocycles. The first kappa shape index (κ1) is 21.6.